The minimum atomic E-state index is -0.378. The number of nitrogens with one attached hydrogen (secondary N) is 1. The predicted octanol–water partition coefficient (Wildman–Crippen LogP) is 0.391. The summed E-state index contributed by atoms with van der Waals surface area (Å²) in [5.74, 6) is 0.602. The van der Waals surface area contributed by atoms with Gasteiger partial charge in [-0.2, -0.15) is 0 Å². The van der Waals surface area contributed by atoms with Gasteiger partial charge in [0, 0.05) is 6.04 Å². The highest BCUT2D eigenvalue weighted by molar-refractivity contribution is 5.83. The minimum Gasteiger partial charge on any atom is -0.394 e. The first-order valence-electron chi connectivity index (χ1n) is 6.25. The van der Waals surface area contributed by atoms with Crippen LogP contribution >= 0.6 is 0 Å². The van der Waals surface area contributed by atoms with E-state index in [-0.39, 0.29) is 30.0 Å². The summed E-state index contributed by atoms with van der Waals surface area (Å²) in [6.07, 6.45) is 4.85. The Bertz CT molecular complexity index is 282. The van der Waals surface area contributed by atoms with E-state index in [1.54, 1.807) is 0 Å². The van der Waals surface area contributed by atoms with Crippen LogP contribution in [0.3, 0.4) is 0 Å². The van der Waals surface area contributed by atoms with E-state index in [4.69, 9.17) is 5.73 Å². The summed E-state index contributed by atoms with van der Waals surface area (Å²) >= 11 is 0. The van der Waals surface area contributed by atoms with Gasteiger partial charge >= 0.3 is 0 Å². The molecule has 2 saturated carbocycles. The van der Waals surface area contributed by atoms with Gasteiger partial charge in [-0.1, -0.05) is 19.8 Å². The lowest BCUT2D eigenvalue weighted by atomic mass is 9.76. The van der Waals surface area contributed by atoms with Crippen molar-refractivity contribution in [1.29, 1.82) is 0 Å². The van der Waals surface area contributed by atoms with Crippen LogP contribution in [0.4, 0.5) is 0 Å². The topological polar surface area (TPSA) is 75.3 Å². The van der Waals surface area contributed by atoms with Gasteiger partial charge in [0.15, 0.2) is 0 Å². The molecule has 0 aliphatic heterocycles. The van der Waals surface area contributed by atoms with Crippen molar-refractivity contribution in [2.75, 3.05) is 6.61 Å². The van der Waals surface area contributed by atoms with Crippen LogP contribution in [0.5, 0.6) is 0 Å². The normalized spacial score (nSPS) is 42.8. The van der Waals surface area contributed by atoms with Crippen LogP contribution in [0.2, 0.25) is 0 Å². The van der Waals surface area contributed by atoms with E-state index < -0.39 is 0 Å². The second-order valence-electron chi connectivity index (χ2n) is 5.64. The molecule has 2 fully saturated rings. The summed E-state index contributed by atoms with van der Waals surface area (Å²) in [7, 11) is 0. The number of rotatable bonds is 3. The van der Waals surface area contributed by atoms with Crippen LogP contribution in [0.1, 0.15) is 39.0 Å². The lowest BCUT2D eigenvalue weighted by Gasteiger charge is -2.39. The lowest BCUT2D eigenvalue weighted by molar-refractivity contribution is -0.125. The van der Waals surface area contributed by atoms with Gasteiger partial charge in [-0.3, -0.25) is 4.79 Å². The van der Waals surface area contributed by atoms with Crippen LogP contribution in [-0.4, -0.2) is 29.2 Å². The third kappa shape index (κ3) is 2.38. The first kappa shape index (κ1) is 11.9. The Morgan fingerprint density at radius 1 is 1.62 bits per heavy atom. The fourth-order valence-corrected chi connectivity index (χ4v) is 2.83. The number of aliphatic hydroxyl groups excluding tert-OH is 1. The molecule has 16 heavy (non-hydrogen) atoms. The molecule has 4 N–H and O–H groups in total. The Labute approximate surface area is 96.6 Å². The van der Waals surface area contributed by atoms with E-state index in [1.807, 2.05) is 0 Å². The summed E-state index contributed by atoms with van der Waals surface area (Å²) in [5, 5.41) is 12.6. The van der Waals surface area contributed by atoms with Gasteiger partial charge in [0.05, 0.1) is 18.1 Å². The molecule has 2 aliphatic rings. The first-order valence-corrected chi connectivity index (χ1v) is 6.25. The Morgan fingerprint density at radius 3 is 2.81 bits per heavy atom. The van der Waals surface area contributed by atoms with Gasteiger partial charge in [0.2, 0.25) is 5.91 Å². The second-order valence-corrected chi connectivity index (χ2v) is 5.64. The molecule has 92 valence electrons. The molecule has 4 nitrogen and oxygen atoms in total. The molecule has 0 spiro atoms. The second kappa shape index (κ2) is 4.34. The van der Waals surface area contributed by atoms with Crippen molar-refractivity contribution in [3.05, 3.63) is 0 Å². The monoisotopic (exact) mass is 226 g/mol. The molecular formula is C12H22N2O2. The fourth-order valence-electron chi connectivity index (χ4n) is 2.83. The molecule has 0 aromatic carbocycles. The van der Waals surface area contributed by atoms with Crippen LogP contribution in [0.25, 0.3) is 0 Å². The molecule has 0 aromatic rings. The van der Waals surface area contributed by atoms with Gasteiger partial charge in [-0.15, -0.1) is 0 Å². The van der Waals surface area contributed by atoms with Crippen LogP contribution in [0.15, 0.2) is 0 Å². The third-order valence-electron chi connectivity index (χ3n) is 3.96. The highest BCUT2D eigenvalue weighted by Crippen LogP contribution is 2.34. The lowest BCUT2D eigenvalue weighted by Crippen LogP contribution is -2.54. The molecule has 4 atom stereocenters. The largest absolute Gasteiger partial charge is 0.394 e. The minimum absolute atomic E-state index is 0.0133. The maximum Gasteiger partial charge on any atom is 0.225 e. The zero-order valence-corrected chi connectivity index (χ0v) is 9.91. The molecule has 2 aliphatic carbocycles. The zero-order chi connectivity index (χ0) is 11.8. The van der Waals surface area contributed by atoms with Gasteiger partial charge < -0.3 is 16.2 Å². The van der Waals surface area contributed by atoms with Crippen molar-refractivity contribution >= 4 is 5.91 Å². The molecule has 1 amide bonds. The van der Waals surface area contributed by atoms with Crippen molar-refractivity contribution in [2.24, 2.45) is 17.6 Å². The summed E-state index contributed by atoms with van der Waals surface area (Å²) in [5.41, 5.74) is 5.28. The van der Waals surface area contributed by atoms with Crippen molar-refractivity contribution < 1.29 is 9.90 Å². The van der Waals surface area contributed by atoms with Crippen molar-refractivity contribution in [3.8, 4) is 0 Å². The van der Waals surface area contributed by atoms with Crippen molar-refractivity contribution in [2.45, 2.75) is 50.6 Å². The summed E-state index contributed by atoms with van der Waals surface area (Å²) in [6.45, 7) is 2.23. The first-order chi connectivity index (χ1) is 7.56. The van der Waals surface area contributed by atoms with Crippen molar-refractivity contribution in [1.82, 2.24) is 5.32 Å². The van der Waals surface area contributed by atoms with E-state index >= 15 is 0 Å². The molecular weight excluding hydrogens is 204 g/mol. The molecule has 0 bridgehead atoms. The summed E-state index contributed by atoms with van der Waals surface area (Å²) in [6, 6.07) is 0.0387. The molecule has 0 radical (unpaired) electrons. The average molecular weight is 226 g/mol. The van der Waals surface area contributed by atoms with Gasteiger partial charge in [0.25, 0.3) is 0 Å². The Kier molecular flexibility index (Phi) is 3.22. The smallest absolute Gasteiger partial charge is 0.225 e. The third-order valence-corrected chi connectivity index (χ3v) is 3.96. The summed E-state index contributed by atoms with van der Waals surface area (Å²) in [4.78, 5) is 11.9. The van der Waals surface area contributed by atoms with E-state index in [1.165, 1.54) is 6.42 Å². The number of carbonyl (C=O) groups is 1. The van der Waals surface area contributed by atoms with Gasteiger partial charge in [-0.05, 0) is 25.2 Å². The summed E-state index contributed by atoms with van der Waals surface area (Å²) < 4.78 is 0. The van der Waals surface area contributed by atoms with Gasteiger partial charge in [-0.25, -0.2) is 0 Å². The number of hydrogen-bond donors (Lipinski definition) is 3. The fraction of sp³-hybridized carbons (Fsp3) is 0.917. The van der Waals surface area contributed by atoms with E-state index in [0.29, 0.717) is 5.92 Å². The van der Waals surface area contributed by atoms with Crippen LogP contribution in [-0.2, 0) is 4.79 Å². The molecule has 0 heterocycles. The molecule has 2 rings (SSSR count). The molecule has 4 heteroatoms. The zero-order valence-electron chi connectivity index (χ0n) is 9.91. The highest BCUT2D eigenvalue weighted by atomic mass is 16.3. The Morgan fingerprint density at radius 2 is 2.31 bits per heavy atom. The van der Waals surface area contributed by atoms with Gasteiger partial charge in [0.1, 0.15) is 0 Å². The number of hydrogen-bond acceptors (Lipinski definition) is 3. The SMILES string of the molecule is CC1CCCC(CO)(NC(=O)C2CC2N)C1. The standard InChI is InChI=1S/C12H22N2O2/c1-8-3-2-4-12(6-8,7-15)14-11(16)9-5-10(9)13/h8-10,15H,2-7,13H2,1H3,(H,14,16). The average Bonchev–Trinajstić information content (AvgIpc) is 2.95. The molecule has 0 aromatic heterocycles. The quantitative estimate of drug-likeness (QED) is 0.651. The molecule has 4 unspecified atom stereocenters. The van der Waals surface area contributed by atoms with E-state index in [9.17, 15) is 9.90 Å². The number of carbonyl (C=O) groups excluding carboxylic acids is 1. The predicted molar refractivity (Wildman–Crippen MR) is 61.7 cm³/mol. The van der Waals surface area contributed by atoms with E-state index in [0.717, 1.165) is 25.7 Å². The highest BCUT2D eigenvalue weighted by Gasteiger charge is 2.44. The Hall–Kier alpha value is -0.610. The van der Waals surface area contributed by atoms with Crippen LogP contribution in [0, 0.1) is 11.8 Å². The maximum absolute atomic E-state index is 11.9. The van der Waals surface area contributed by atoms with Crippen molar-refractivity contribution in [3.63, 3.8) is 0 Å². The number of aliphatic hydroxyl groups is 1. The Balaban J connectivity index is 1.95. The van der Waals surface area contributed by atoms with E-state index in [2.05, 4.69) is 12.2 Å². The number of amides is 1. The molecule has 0 saturated heterocycles. The number of nitrogens with two attached hydrogens (primary N) is 1. The van der Waals surface area contributed by atoms with Crippen LogP contribution < -0.4 is 11.1 Å². The maximum atomic E-state index is 11.9.